The highest BCUT2D eigenvalue weighted by Crippen LogP contribution is 2.23. The van der Waals surface area contributed by atoms with Crippen molar-refractivity contribution in [1.29, 1.82) is 0 Å². The second kappa shape index (κ2) is 10.7. The fourth-order valence-corrected chi connectivity index (χ4v) is 4.98. The van der Waals surface area contributed by atoms with Gasteiger partial charge in [0.1, 0.15) is 17.2 Å². The summed E-state index contributed by atoms with van der Waals surface area (Å²) in [5.41, 5.74) is 3.98. The Morgan fingerprint density at radius 1 is 1.00 bits per heavy atom. The van der Waals surface area contributed by atoms with Gasteiger partial charge in [-0.15, -0.1) is 0 Å². The summed E-state index contributed by atoms with van der Waals surface area (Å²) in [5.74, 6) is -1.98. The van der Waals surface area contributed by atoms with Crippen LogP contribution in [0.15, 0.2) is 81.2 Å². The zero-order chi connectivity index (χ0) is 27.6. The number of hydrogen-bond acceptors (Lipinski definition) is 7. The molecule has 0 fully saturated rings. The van der Waals surface area contributed by atoms with Gasteiger partial charge in [0.15, 0.2) is 21.4 Å². The van der Waals surface area contributed by atoms with Crippen molar-refractivity contribution in [3.63, 3.8) is 0 Å². The summed E-state index contributed by atoms with van der Waals surface area (Å²) >= 11 is 0. The van der Waals surface area contributed by atoms with Crippen LogP contribution in [0.5, 0.6) is 5.75 Å². The topological polar surface area (TPSA) is 126 Å². The van der Waals surface area contributed by atoms with E-state index >= 15 is 4.39 Å². The third-order valence-electron chi connectivity index (χ3n) is 5.94. The van der Waals surface area contributed by atoms with Gasteiger partial charge in [0.05, 0.1) is 18.6 Å². The fraction of sp³-hybridized carbons (Fsp3) is 0.192. The average Bonchev–Trinajstić information content (AvgIpc) is 2.89. The zero-order valence-electron chi connectivity index (χ0n) is 20.5. The van der Waals surface area contributed by atoms with E-state index in [-0.39, 0.29) is 34.1 Å². The summed E-state index contributed by atoms with van der Waals surface area (Å²) in [6, 6.07) is 15.4. The maximum Gasteiger partial charge on any atom is 0.352 e. The third-order valence-corrected chi connectivity index (χ3v) is 7.12. The van der Waals surface area contributed by atoms with Crippen LogP contribution < -0.4 is 21.7 Å². The van der Waals surface area contributed by atoms with Gasteiger partial charge < -0.3 is 10.5 Å². The largest absolute Gasteiger partial charge is 0.494 e. The highest BCUT2D eigenvalue weighted by Gasteiger charge is 2.24. The lowest BCUT2D eigenvalue weighted by Crippen LogP contribution is -2.45. The van der Waals surface area contributed by atoms with Crippen molar-refractivity contribution in [3.8, 4) is 11.4 Å². The van der Waals surface area contributed by atoms with Gasteiger partial charge in [-0.05, 0) is 29.8 Å². The SMILES string of the molecule is COc1cccc(-n2nc(Cc3c(F)cccc3S(C)(=O)=O)c(=O)n(CC(N)c3ccccc3)c2=O)c1F. The predicted octanol–water partition coefficient (Wildman–Crippen LogP) is 2.38. The molecule has 0 amide bonds. The molecule has 0 aliphatic rings. The third kappa shape index (κ3) is 5.27. The number of aromatic nitrogens is 3. The molecule has 1 heterocycles. The molecule has 0 aliphatic carbocycles. The quantitative estimate of drug-likeness (QED) is 0.362. The summed E-state index contributed by atoms with van der Waals surface area (Å²) in [5, 5.41) is 4.05. The van der Waals surface area contributed by atoms with Crippen LogP contribution >= 0.6 is 0 Å². The van der Waals surface area contributed by atoms with E-state index in [1.54, 1.807) is 30.3 Å². The summed E-state index contributed by atoms with van der Waals surface area (Å²) < 4.78 is 61.0. The number of nitrogens with zero attached hydrogens (tertiary/aromatic N) is 3. The first-order valence-electron chi connectivity index (χ1n) is 11.4. The van der Waals surface area contributed by atoms with Crippen molar-refractivity contribution in [2.75, 3.05) is 13.4 Å². The molecule has 4 rings (SSSR count). The van der Waals surface area contributed by atoms with Crippen LogP contribution in [0.3, 0.4) is 0 Å². The van der Waals surface area contributed by atoms with Gasteiger partial charge in [-0.1, -0.05) is 42.5 Å². The predicted molar refractivity (Wildman–Crippen MR) is 136 cm³/mol. The number of sulfone groups is 1. The maximum atomic E-state index is 15.2. The van der Waals surface area contributed by atoms with Crippen molar-refractivity contribution in [1.82, 2.24) is 14.3 Å². The van der Waals surface area contributed by atoms with E-state index in [0.717, 1.165) is 16.9 Å². The summed E-state index contributed by atoms with van der Waals surface area (Å²) in [4.78, 5) is 26.6. The van der Waals surface area contributed by atoms with Gasteiger partial charge >= 0.3 is 5.69 Å². The molecule has 3 aromatic carbocycles. The summed E-state index contributed by atoms with van der Waals surface area (Å²) in [6.07, 6.45) is 0.322. The molecule has 0 bridgehead atoms. The molecule has 1 unspecified atom stereocenters. The molecule has 9 nitrogen and oxygen atoms in total. The second-order valence-electron chi connectivity index (χ2n) is 8.53. The first-order chi connectivity index (χ1) is 18.0. The van der Waals surface area contributed by atoms with E-state index in [0.29, 0.717) is 10.2 Å². The molecule has 12 heteroatoms. The fourth-order valence-electron chi connectivity index (χ4n) is 4.04. The minimum absolute atomic E-state index is 0.176. The molecular weight excluding hydrogens is 518 g/mol. The first-order valence-corrected chi connectivity index (χ1v) is 13.3. The molecule has 1 atom stereocenters. The molecule has 0 spiro atoms. The van der Waals surface area contributed by atoms with Crippen molar-refractivity contribution in [3.05, 3.63) is 116 Å². The van der Waals surface area contributed by atoms with Crippen molar-refractivity contribution >= 4 is 9.84 Å². The number of halogens is 2. The van der Waals surface area contributed by atoms with E-state index in [9.17, 15) is 22.4 Å². The van der Waals surface area contributed by atoms with E-state index in [2.05, 4.69) is 5.10 Å². The molecule has 0 aliphatic heterocycles. The lowest BCUT2D eigenvalue weighted by Gasteiger charge is -2.17. The van der Waals surface area contributed by atoms with Gasteiger partial charge in [0.25, 0.3) is 5.56 Å². The lowest BCUT2D eigenvalue weighted by atomic mass is 10.1. The number of benzene rings is 3. The molecule has 38 heavy (non-hydrogen) atoms. The molecule has 198 valence electrons. The van der Waals surface area contributed by atoms with Crippen LogP contribution in [0.4, 0.5) is 8.78 Å². The van der Waals surface area contributed by atoms with Crippen molar-refractivity contribution < 1.29 is 21.9 Å². The smallest absolute Gasteiger partial charge is 0.352 e. The summed E-state index contributed by atoms with van der Waals surface area (Å²) in [6.45, 7) is -0.307. The Labute approximate surface area is 216 Å². The van der Waals surface area contributed by atoms with E-state index in [1.165, 1.54) is 37.4 Å². The Kier molecular flexibility index (Phi) is 7.56. The van der Waals surface area contributed by atoms with Crippen molar-refractivity contribution in [2.45, 2.75) is 23.9 Å². The van der Waals surface area contributed by atoms with E-state index in [4.69, 9.17) is 10.5 Å². The Balaban J connectivity index is 1.96. The Bertz CT molecular complexity index is 1720. The van der Waals surface area contributed by atoms with E-state index < -0.39 is 45.2 Å². The number of nitrogens with two attached hydrogens (primary N) is 1. The van der Waals surface area contributed by atoms with Crippen LogP contribution in [0, 0.1) is 11.6 Å². The van der Waals surface area contributed by atoms with Crippen LogP contribution in [0.25, 0.3) is 5.69 Å². The number of methoxy groups -OCH3 is 1. The summed E-state index contributed by atoms with van der Waals surface area (Å²) in [7, 11) is -2.64. The maximum absolute atomic E-state index is 15.2. The van der Waals surface area contributed by atoms with E-state index in [1.807, 2.05) is 0 Å². The molecule has 0 saturated heterocycles. The lowest BCUT2D eigenvalue weighted by molar-refractivity contribution is 0.384. The zero-order valence-corrected chi connectivity index (χ0v) is 21.3. The van der Waals surface area contributed by atoms with Crippen LogP contribution in [0.2, 0.25) is 0 Å². The number of rotatable bonds is 8. The van der Waals surface area contributed by atoms with Crippen molar-refractivity contribution in [2.24, 2.45) is 5.73 Å². The highest BCUT2D eigenvalue weighted by molar-refractivity contribution is 7.90. The Hall–Kier alpha value is -4.16. The number of ether oxygens (including phenoxy) is 1. The van der Waals surface area contributed by atoms with Crippen LogP contribution in [0.1, 0.15) is 22.9 Å². The number of hydrogen-bond donors (Lipinski definition) is 1. The molecular formula is C26H24F2N4O5S. The Morgan fingerprint density at radius 3 is 2.34 bits per heavy atom. The monoisotopic (exact) mass is 542 g/mol. The highest BCUT2D eigenvalue weighted by atomic mass is 32.2. The first kappa shape index (κ1) is 26.9. The molecule has 1 aromatic heterocycles. The normalized spacial score (nSPS) is 12.3. The van der Waals surface area contributed by atoms with Gasteiger partial charge in [-0.3, -0.25) is 9.36 Å². The minimum atomic E-state index is -3.88. The van der Waals surface area contributed by atoms with Crippen LogP contribution in [-0.2, 0) is 22.8 Å². The molecule has 0 radical (unpaired) electrons. The molecule has 0 saturated carbocycles. The van der Waals surface area contributed by atoms with Gasteiger partial charge in [0.2, 0.25) is 0 Å². The molecule has 4 aromatic rings. The standard InChI is InChI=1S/C26H24F2N4O5S/c1-37-22-12-7-11-21(24(22)28)32-26(34)31(15-19(29)16-8-4-3-5-9-16)25(33)20(30-32)14-17-18(27)10-6-13-23(17)38(2,35)36/h3-13,19H,14-15,29H2,1-2H3. The average molecular weight is 543 g/mol. The second-order valence-corrected chi connectivity index (χ2v) is 10.5. The van der Waals surface area contributed by atoms with Crippen LogP contribution in [-0.4, -0.2) is 36.1 Å². The van der Waals surface area contributed by atoms with Gasteiger partial charge in [0, 0.05) is 24.3 Å². The van der Waals surface area contributed by atoms with Gasteiger partial charge in [-0.2, -0.15) is 9.78 Å². The molecule has 2 N–H and O–H groups in total. The van der Waals surface area contributed by atoms with Gasteiger partial charge in [-0.25, -0.2) is 22.0 Å². The minimum Gasteiger partial charge on any atom is -0.494 e. The Morgan fingerprint density at radius 2 is 1.68 bits per heavy atom.